The summed E-state index contributed by atoms with van der Waals surface area (Å²) in [6.07, 6.45) is -4.67. The molecular formula is C10H19F3N2O. The first-order valence-electron chi connectivity index (χ1n) is 5.55. The minimum Gasteiger partial charge on any atom is -0.374 e. The van der Waals surface area contributed by atoms with Gasteiger partial charge in [0, 0.05) is 25.6 Å². The zero-order valence-corrected chi connectivity index (χ0v) is 9.46. The summed E-state index contributed by atoms with van der Waals surface area (Å²) in [5.74, 6) is 0. The number of morpholine rings is 1. The van der Waals surface area contributed by atoms with Crippen molar-refractivity contribution in [3.8, 4) is 0 Å². The Kier molecular flexibility index (Phi) is 5.01. The number of alkyl halides is 3. The molecule has 1 rings (SSSR count). The van der Waals surface area contributed by atoms with Crippen LogP contribution < -0.4 is 5.73 Å². The fourth-order valence-electron chi connectivity index (χ4n) is 1.81. The Labute approximate surface area is 93.7 Å². The van der Waals surface area contributed by atoms with Crippen molar-refractivity contribution in [1.29, 1.82) is 0 Å². The predicted octanol–water partition coefficient (Wildman–Crippen LogP) is 1.38. The molecular weight excluding hydrogens is 221 g/mol. The Bertz CT molecular complexity index is 211. The maximum Gasteiger partial charge on any atom is 0.389 e. The van der Waals surface area contributed by atoms with Gasteiger partial charge in [0.15, 0.2) is 0 Å². The summed E-state index contributed by atoms with van der Waals surface area (Å²) < 4.78 is 41.4. The van der Waals surface area contributed by atoms with Crippen LogP contribution in [0.2, 0.25) is 0 Å². The van der Waals surface area contributed by atoms with Crippen molar-refractivity contribution in [2.45, 2.75) is 38.1 Å². The second-order valence-electron chi connectivity index (χ2n) is 4.25. The monoisotopic (exact) mass is 240 g/mol. The summed E-state index contributed by atoms with van der Waals surface area (Å²) in [5.41, 5.74) is 5.48. The van der Waals surface area contributed by atoms with E-state index in [0.29, 0.717) is 26.2 Å². The summed E-state index contributed by atoms with van der Waals surface area (Å²) in [4.78, 5) is 2.02. The topological polar surface area (TPSA) is 38.5 Å². The quantitative estimate of drug-likeness (QED) is 0.806. The predicted molar refractivity (Wildman–Crippen MR) is 55.1 cm³/mol. The van der Waals surface area contributed by atoms with Crippen LogP contribution >= 0.6 is 0 Å². The van der Waals surface area contributed by atoms with Crippen molar-refractivity contribution in [3.63, 3.8) is 0 Å². The smallest absolute Gasteiger partial charge is 0.374 e. The van der Waals surface area contributed by atoms with E-state index in [-0.39, 0.29) is 18.6 Å². The fraction of sp³-hybridized carbons (Fsp3) is 1.00. The molecule has 2 atom stereocenters. The van der Waals surface area contributed by atoms with Crippen LogP contribution in [0.15, 0.2) is 0 Å². The third-order valence-corrected chi connectivity index (χ3v) is 2.80. The molecule has 1 fully saturated rings. The molecule has 1 aliphatic heterocycles. The Morgan fingerprint density at radius 2 is 2.12 bits per heavy atom. The molecule has 1 heterocycles. The Balaban J connectivity index is 2.28. The van der Waals surface area contributed by atoms with Gasteiger partial charge in [-0.2, -0.15) is 13.2 Å². The highest BCUT2D eigenvalue weighted by Crippen LogP contribution is 2.22. The molecule has 2 unspecified atom stereocenters. The van der Waals surface area contributed by atoms with Gasteiger partial charge < -0.3 is 10.5 Å². The third-order valence-electron chi connectivity index (χ3n) is 2.80. The first-order valence-corrected chi connectivity index (χ1v) is 5.55. The van der Waals surface area contributed by atoms with E-state index in [4.69, 9.17) is 10.5 Å². The summed E-state index contributed by atoms with van der Waals surface area (Å²) in [5, 5.41) is 0. The lowest BCUT2D eigenvalue weighted by molar-refractivity contribution is -0.137. The van der Waals surface area contributed by atoms with Crippen molar-refractivity contribution in [3.05, 3.63) is 0 Å². The van der Waals surface area contributed by atoms with Gasteiger partial charge in [0.25, 0.3) is 0 Å². The zero-order valence-electron chi connectivity index (χ0n) is 9.46. The summed E-state index contributed by atoms with van der Waals surface area (Å²) in [6, 6.07) is 0.177. The lowest BCUT2D eigenvalue weighted by Gasteiger charge is -2.37. The van der Waals surface area contributed by atoms with Crippen LogP contribution in [-0.2, 0) is 4.74 Å². The highest BCUT2D eigenvalue weighted by molar-refractivity contribution is 4.77. The molecule has 0 spiro atoms. The Morgan fingerprint density at radius 3 is 2.69 bits per heavy atom. The van der Waals surface area contributed by atoms with Gasteiger partial charge in [0.1, 0.15) is 0 Å². The van der Waals surface area contributed by atoms with E-state index >= 15 is 0 Å². The van der Waals surface area contributed by atoms with Gasteiger partial charge in [-0.25, -0.2) is 0 Å². The number of nitrogens with zero attached hydrogens (tertiary/aromatic N) is 1. The molecule has 3 nitrogen and oxygen atoms in total. The molecule has 1 aliphatic rings. The van der Waals surface area contributed by atoms with E-state index in [1.165, 1.54) is 0 Å². The largest absolute Gasteiger partial charge is 0.389 e. The number of halogens is 3. The molecule has 0 aromatic rings. The number of hydrogen-bond acceptors (Lipinski definition) is 3. The number of nitrogens with two attached hydrogens (primary N) is 1. The van der Waals surface area contributed by atoms with Gasteiger partial charge in [-0.1, -0.05) is 0 Å². The van der Waals surface area contributed by atoms with Gasteiger partial charge in [-0.05, 0) is 19.9 Å². The van der Waals surface area contributed by atoms with Crippen molar-refractivity contribution in [2.75, 3.05) is 26.2 Å². The summed E-state index contributed by atoms with van der Waals surface area (Å²) in [6.45, 7) is 4.02. The molecule has 0 bridgehead atoms. The lowest BCUT2D eigenvalue weighted by Crippen LogP contribution is -2.50. The SMILES string of the molecule is CC1COC(CN)CN1CCCC(F)(F)F. The standard InChI is InChI=1S/C10H19F3N2O/c1-8-7-16-9(5-14)6-15(8)4-2-3-10(11,12)13/h8-9H,2-7,14H2,1H3. The molecule has 1 saturated heterocycles. The average molecular weight is 240 g/mol. The summed E-state index contributed by atoms with van der Waals surface area (Å²) in [7, 11) is 0. The van der Waals surface area contributed by atoms with Crippen LogP contribution in [-0.4, -0.2) is 49.5 Å². The first-order chi connectivity index (χ1) is 7.42. The minimum atomic E-state index is -4.05. The maximum atomic E-state index is 12.0. The van der Waals surface area contributed by atoms with E-state index in [2.05, 4.69) is 0 Å². The Morgan fingerprint density at radius 1 is 1.44 bits per heavy atom. The third kappa shape index (κ3) is 4.67. The first kappa shape index (κ1) is 13.7. The van der Waals surface area contributed by atoms with Crippen molar-refractivity contribution >= 4 is 0 Å². The normalized spacial score (nSPS) is 28.3. The highest BCUT2D eigenvalue weighted by Gasteiger charge is 2.29. The number of rotatable bonds is 4. The van der Waals surface area contributed by atoms with Crippen LogP contribution in [0, 0.1) is 0 Å². The van der Waals surface area contributed by atoms with Gasteiger partial charge in [0.2, 0.25) is 0 Å². The van der Waals surface area contributed by atoms with Crippen LogP contribution in [0.25, 0.3) is 0 Å². The molecule has 0 amide bonds. The van der Waals surface area contributed by atoms with Crippen molar-refractivity contribution in [1.82, 2.24) is 4.90 Å². The van der Waals surface area contributed by atoms with Gasteiger partial charge in [0.05, 0.1) is 12.7 Å². The van der Waals surface area contributed by atoms with E-state index < -0.39 is 12.6 Å². The average Bonchev–Trinajstić information content (AvgIpc) is 2.19. The number of hydrogen-bond donors (Lipinski definition) is 1. The molecule has 2 N–H and O–H groups in total. The lowest BCUT2D eigenvalue weighted by atomic mass is 10.1. The molecule has 0 aromatic carbocycles. The molecule has 96 valence electrons. The molecule has 16 heavy (non-hydrogen) atoms. The highest BCUT2D eigenvalue weighted by atomic mass is 19.4. The van der Waals surface area contributed by atoms with Gasteiger partial charge >= 0.3 is 6.18 Å². The second kappa shape index (κ2) is 5.84. The van der Waals surface area contributed by atoms with E-state index in [0.717, 1.165) is 0 Å². The fourth-order valence-corrected chi connectivity index (χ4v) is 1.81. The zero-order chi connectivity index (χ0) is 12.2. The number of ether oxygens (including phenoxy) is 1. The molecule has 0 radical (unpaired) electrons. The van der Waals surface area contributed by atoms with E-state index in [9.17, 15) is 13.2 Å². The van der Waals surface area contributed by atoms with Gasteiger partial charge in [-0.15, -0.1) is 0 Å². The van der Waals surface area contributed by atoms with Crippen molar-refractivity contribution < 1.29 is 17.9 Å². The molecule has 6 heteroatoms. The van der Waals surface area contributed by atoms with E-state index in [1.54, 1.807) is 0 Å². The maximum absolute atomic E-state index is 12.0. The van der Waals surface area contributed by atoms with Crippen LogP contribution in [0.1, 0.15) is 19.8 Å². The van der Waals surface area contributed by atoms with Crippen LogP contribution in [0.5, 0.6) is 0 Å². The molecule has 0 aliphatic carbocycles. The van der Waals surface area contributed by atoms with E-state index in [1.807, 2.05) is 11.8 Å². The van der Waals surface area contributed by atoms with Crippen LogP contribution in [0.3, 0.4) is 0 Å². The van der Waals surface area contributed by atoms with Crippen LogP contribution in [0.4, 0.5) is 13.2 Å². The molecule has 0 aromatic heterocycles. The molecule has 0 saturated carbocycles. The van der Waals surface area contributed by atoms with Crippen molar-refractivity contribution in [2.24, 2.45) is 5.73 Å². The summed E-state index contributed by atoms with van der Waals surface area (Å²) >= 11 is 0. The Hall–Kier alpha value is -0.330. The second-order valence-corrected chi connectivity index (χ2v) is 4.25. The minimum absolute atomic E-state index is 0.0397. The van der Waals surface area contributed by atoms with Gasteiger partial charge in [-0.3, -0.25) is 4.90 Å².